The Hall–Kier alpha value is -3.11. The number of hydrogen-bond donors (Lipinski definition) is 2. The topological polar surface area (TPSA) is 102 Å². The molecule has 0 aliphatic carbocycles. The molecule has 0 saturated heterocycles. The first-order valence-electron chi connectivity index (χ1n) is 9.02. The minimum Gasteiger partial charge on any atom is -0.497 e. The molecule has 0 spiro atoms. The van der Waals surface area contributed by atoms with Crippen LogP contribution in [0.2, 0.25) is 0 Å². The summed E-state index contributed by atoms with van der Waals surface area (Å²) in [6.07, 6.45) is 0. The van der Waals surface area contributed by atoms with E-state index in [-0.39, 0.29) is 17.6 Å². The van der Waals surface area contributed by atoms with E-state index < -0.39 is 0 Å². The van der Waals surface area contributed by atoms with Gasteiger partial charge in [-0.3, -0.25) is 14.9 Å². The summed E-state index contributed by atoms with van der Waals surface area (Å²) in [5.41, 5.74) is 1.10. The van der Waals surface area contributed by atoms with Crippen molar-refractivity contribution in [3.63, 3.8) is 0 Å². The number of carbonyl (C=O) groups is 2. The molecule has 0 saturated carbocycles. The molecule has 0 aliphatic rings. The van der Waals surface area contributed by atoms with Crippen molar-refractivity contribution in [2.45, 2.75) is 11.3 Å². The Morgan fingerprint density at radius 3 is 2.57 bits per heavy atom. The van der Waals surface area contributed by atoms with E-state index in [2.05, 4.69) is 20.8 Å². The van der Waals surface area contributed by atoms with Gasteiger partial charge in [0.2, 0.25) is 11.0 Å². The molecule has 0 unspecified atom stereocenters. The van der Waals surface area contributed by atoms with E-state index in [1.165, 1.54) is 23.1 Å². The molecule has 30 heavy (non-hydrogen) atoms. The lowest BCUT2D eigenvalue weighted by atomic mass is 10.2. The van der Waals surface area contributed by atoms with Crippen LogP contribution >= 0.6 is 23.1 Å². The maximum atomic E-state index is 12.5. The fourth-order valence-electron chi connectivity index (χ4n) is 2.42. The predicted octanol–water partition coefficient (Wildman–Crippen LogP) is 3.93. The van der Waals surface area contributed by atoms with Gasteiger partial charge in [0.05, 0.1) is 25.0 Å². The zero-order valence-corrected chi connectivity index (χ0v) is 18.0. The maximum Gasteiger partial charge on any atom is 0.261 e. The summed E-state index contributed by atoms with van der Waals surface area (Å²) in [5, 5.41) is 13.8. The number of nitrogens with one attached hydrogen (secondary N) is 2. The van der Waals surface area contributed by atoms with Crippen molar-refractivity contribution >= 4 is 45.7 Å². The van der Waals surface area contributed by atoms with Gasteiger partial charge in [-0.25, -0.2) is 0 Å². The summed E-state index contributed by atoms with van der Waals surface area (Å²) in [4.78, 5) is 24.6. The van der Waals surface area contributed by atoms with Gasteiger partial charge in [-0.1, -0.05) is 35.2 Å². The number of carbonyl (C=O) groups excluding carboxylic acids is 2. The summed E-state index contributed by atoms with van der Waals surface area (Å²) in [5.74, 6) is 0.893. The van der Waals surface area contributed by atoms with Crippen LogP contribution in [0.4, 0.5) is 10.8 Å². The SMILES string of the molecule is CCOc1ccccc1C(=O)Nc1nnc(SCC(=O)Nc2ccc(OC)cc2)s1. The number of ether oxygens (including phenoxy) is 2. The lowest BCUT2D eigenvalue weighted by Crippen LogP contribution is -2.13. The third-order valence-electron chi connectivity index (χ3n) is 3.76. The number of methoxy groups -OCH3 is 1. The van der Waals surface area contributed by atoms with Crippen LogP contribution in [-0.2, 0) is 4.79 Å². The molecule has 3 rings (SSSR count). The Labute approximate surface area is 182 Å². The highest BCUT2D eigenvalue weighted by Crippen LogP contribution is 2.27. The molecule has 0 radical (unpaired) electrons. The molecule has 3 aromatic rings. The fraction of sp³-hybridized carbons (Fsp3) is 0.200. The molecule has 0 fully saturated rings. The Morgan fingerprint density at radius 2 is 1.83 bits per heavy atom. The second-order valence-electron chi connectivity index (χ2n) is 5.82. The van der Waals surface area contributed by atoms with Gasteiger partial charge in [-0.05, 0) is 43.3 Å². The van der Waals surface area contributed by atoms with Crippen LogP contribution in [-0.4, -0.2) is 41.5 Å². The van der Waals surface area contributed by atoms with E-state index in [1.54, 1.807) is 55.6 Å². The standard InChI is InChI=1S/C20H20N4O4S2/c1-3-28-16-7-5-4-6-15(16)18(26)22-19-23-24-20(30-19)29-12-17(25)21-13-8-10-14(27-2)11-9-13/h4-11H,3,12H2,1-2H3,(H,21,25)(H,22,23,26). The van der Waals surface area contributed by atoms with E-state index in [0.717, 1.165) is 5.75 Å². The van der Waals surface area contributed by atoms with E-state index in [1.807, 2.05) is 6.92 Å². The minimum atomic E-state index is -0.330. The molecule has 10 heteroatoms. The van der Waals surface area contributed by atoms with Gasteiger partial charge < -0.3 is 14.8 Å². The molecule has 1 aromatic heterocycles. The number of benzene rings is 2. The van der Waals surface area contributed by atoms with Crippen molar-refractivity contribution in [1.29, 1.82) is 0 Å². The predicted molar refractivity (Wildman–Crippen MR) is 118 cm³/mol. The van der Waals surface area contributed by atoms with Crippen molar-refractivity contribution in [2.24, 2.45) is 0 Å². The molecule has 1 heterocycles. The van der Waals surface area contributed by atoms with Crippen molar-refractivity contribution in [2.75, 3.05) is 30.1 Å². The quantitative estimate of drug-likeness (QED) is 0.381. The molecule has 0 atom stereocenters. The number of rotatable bonds is 9. The van der Waals surface area contributed by atoms with Gasteiger partial charge in [0, 0.05) is 5.69 Å². The van der Waals surface area contributed by atoms with Gasteiger partial charge in [0.25, 0.3) is 5.91 Å². The van der Waals surface area contributed by atoms with Gasteiger partial charge >= 0.3 is 0 Å². The summed E-state index contributed by atoms with van der Waals surface area (Å²) in [7, 11) is 1.58. The average Bonchev–Trinajstić information content (AvgIpc) is 3.20. The van der Waals surface area contributed by atoms with Crippen LogP contribution in [0.15, 0.2) is 52.9 Å². The molecule has 156 valence electrons. The van der Waals surface area contributed by atoms with Gasteiger partial charge in [-0.15, -0.1) is 10.2 Å². The Bertz CT molecular complexity index is 1010. The smallest absolute Gasteiger partial charge is 0.261 e. The number of para-hydroxylation sites is 1. The zero-order valence-electron chi connectivity index (χ0n) is 16.4. The first-order valence-corrected chi connectivity index (χ1v) is 10.8. The van der Waals surface area contributed by atoms with Crippen molar-refractivity contribution in [1.82, 2.24) is 10.2 Å². The summed E-state index contributed by atoms with van der Waals surface area (Å²) in [6, 6.07) is 14.1. The Kier molecular flexibility index (Phi) is 7.63. The Morgan fingerprint density at radius 1 is 1.07 bits per heavy atom. The van der Waals surface area contributed by atoms with Crippen LogP contribution in [0.3, 0.4) is 0 Å². The van der Waals surface area contributed by atoms with E-state index in [9.17, 15) is 9.59 Å². The molecule has 0 aliphatic heterocycles. The number of amides is 2. The van der Waals surface area contributed by atoms with E-state index in [4.69, 9.17) is 9.47 Å². The summed E-state index contributed by atoms with van der Waals surface area (Å²) in [6.45, 7) is 2.32. The third-order valence-corrected chi connectivity index (χ3v) is 5.73. The van der Waals surface area contributed by atoms with Crippen molar-refractivity contribution in [3.05, 3.63) is 54.1 Å². The highest BCUT2D eigenvalue weighted by Gasteiger charge is 2.15. The van der Waals surface area contributed by atoms with Crippen LogP contribution < -0.4 is 20.1 Å². The van der Waals surface area contributed by atoms with Crippen molar-refractivity contribution < 1.29 is 19.1 Å². The normalized spacial score (nSPS) is 10.3. The molecule has 2 N–H and O–H groups in total. The second-order valence-corrected chi connectivity index (χ2v) is 8.02. The maximum absolute atomic E-state index is 12.5. The molecule has 2 aromatic carbocycles. The second kappa shape index (κ2) is 10.6. The highest BCUT2D eigenvalue weighted by atomic mass is 32.2. The van der Waals surface area contributed by atoms with Crippen LogP contribution in [0.25, 0.3) is 0 Å². The number of nitrogens with zero attached hydrogens (tertiary/aromatic N) is 2. The number of aromatic nitrogens is 2. The van der Waals surface area contributed by atoms with E-state index >= 15 is 0 Å². The molecular weight excluding hydrogens is 424 g/mol. The molecule has 2 amide bonds. The largest absolute Gasteiger partial charge is 0.497 e. The number of thioether (sulfide) groups is 1. The third kappa shape index (κ3) is 5.94. The molecule has 8 nitrogen and oxygen atoms in total. The fourth-order valence-corrected chi connectivity index (χ4v) is 3.96. The van der Waals surface area contributed by atoms with Gasteiger partial charge in [-0.2, -0.15) is 0 Å². The van der Waals surface area contributed by atoms with E-state index in [0.29, 0.717) is 33.1 Å². The minimum absolute atomic E-state index is 0.168. The average molecular weight is 445 g/mol. The lowest BCUT2D eigenvalue weighted by molar-refractivity contribution is -0.113. The monoisotopic (exact) mass is 444 g/mol. The molecule has 0 bridgehead atoms. The summed E-state index contributed by atoms with van der Waals surface area (Å²) >= 11 is 2.44. The Balaban J connectivity index is 1.52. The lowest BCUT2D eigenvalue weighted by Gasteiger charge is -2.08. The van der Waals surface area contributed by atoms with Crippen LogP contribution in [0.1, 0.15) is 17.3 Å². The number of anilines is 2. The number of hydrogen-bond acceptors (Lipinski definition) is 8. The van der Waals surface area contributed by atoms with Gasteiger partial charge in [0.1, 0.15) is 11.5 Å². The zero-order chi connectivity index (χ0) is 21.3. The van der Waals surface area contributed by atoms with Crippen molar-refractivity contribution in [3.8, 4) is 11.5 Å². The highest BCUT2D eigenvalue weighted by molar-refractivity contribution is 8.01. The first-order chi connectivity index (χ1) is 14.6. The van der Waals surface area contributed by atoms with Gasteiger partial charge in [0.15, 0.2) is 4.34 Å². The molecular formula is C20H20N4O4S2. The van der Waals surface area contributed by atoms with Crippen LogP contribution in [0.5, 0.6) is 11.5 Å². The van der Waals surface area contributed by atoms with Crippen LogP contribution in [0, 0.1) is 0 Å². The first kappa shape index (κ1) is 21.6. The summed E-state index contributed by atoms with van der Waals surface area (Å²) < 4.78 is 11.1.